The lowest BCUT2D eigenvalue weighted by atomic mass is 10.1. The van der Waals surface area contributed by atoms with Gasteiger partial charge in [-0.2, -0.15) is 0 Å². The van der Waals surface area contributed by atoms with Gasteiger partial charge in [-0.15, -0.1) is 0 Å². The van der Waals surface area contributed by atoms with Gasteiger partial charge in [0.15, 0.2) is 0 Å². The number of halogens is 1. The molecular weight excluding hydrogens is 287 g/mol. The van der Waals surface area contributed by atoms with E-state index < -0.39 is 0 Å². The quantitative estimate of drug-likeness (QED) is 0.864. The van der Waals surface area contributed by atoms with Crippen LogP contribution in [-0.2, 0) is 19.6 Å². The molecule has 122 valence electrons. The number of piperidine rings is 1. The average molecular weight is 312 g/mol. The summed E-state index contributed by atoms with van der Waals surface area (Å²) in [4.78, 5) is 2.54. The Bertz CT molecular complexity index is 603. The molecule has 0 aromatic heterocycles. The molecule has 1 aliphatic heterocycles. The Morgan fingerprint density at radius 3 is 2.26 bits per heavy atom. The average Bonchev–Trinajstić information content (AvgIpc) is 2.59. The van der Waals surface area contributed by atoms with Gasteiger partial charge in [0.1, 0.15) is 5.82 Å². The van der Waals surface area contributed by atoms with E-state index in [1.807, 2.05) is 12.1 Å². The van der Waals surface area contributed by atoms with Crippen LogP contribution in [0.1, 0.15) is 36.0 Å². The van der Waals surface area contributed by atoms with Crippen molar-refractivity contribution in [2.24, 2.45) is 0 Å². The maximum absolute atomic E-state index is 13.5. The minimum Gasteiger partial charge on any atom is -0.309 e. The van der Waals surface area contributed by atoms with Gasteiger partial charge in [-0.05, 0) is 43.1 Å². The van der Waals surface area contributed by atoms with Gasteiger partial charge < -0.3 is 5.32 Å². The van der Waals surface area contributed by atoms with Crippen molar-refractivity contribution in [2.45, 2.75) is 38.9 Å². The van der Waals surface area contributed by atoms with Crippen molar-refractivity contribution >= 4 is 0 Å². The summed E-state index contributed by atoms with van der Waals surface area (Å²) in [6, 6.07) is 15.7. The molecule has 0 spiro atoms. The van der Waals surface area contributed by atoms with Crippen molar-refractivity contribution < 1.29 is 4.39 Å². The zero-order valence-electron chi connectivity index (χ0n) is 13.6. The van der Waals surface area contributed by atoms with Crippen molar-refractivity contribution in [2.75, 3.05) is 13.1 Å². The summed E-state index contributed by atoms with van der Waals surface area (Å²) >= 11 is 0. The molecule has 0 amide bonds. The van der Waals surface area contributed by atoms with E-state index in [2.05, 4.69) is 34.5 Å². The van der Waals surface area contributed by atoms with Gasteiger partial charge in [-0.1, -0.05) is 48.9 Å². The van der Waals surface area contributed by atoms with Crippen molar-refractivity contribution in [3.8, 4) is 0 Å². The molecule has 1 N–H and O–H groups in total. The van der Waals surface area contributed by atoms with Crippen LogP contribution >= 0.6 is 0 Å². The van der Waals surface area contributed by atoms with Crippen LogP contribution in [0.25, 0.3) is 0 Å². The summed E-state index contributed by atoms with van der Waals surface area (Å²) in [5, 5.41) is 3.31. The smallest absolute Gasteiger partial charge is 0.127 e. The fraction of sp³-hybridized carbons (Fsp3) is 0.400. The lowest BCUT2D eigenvalue weighted by molar-refractivity contribution is 0.221. The Morgan fingerprint density at radius 2 is 1.52 bits per heavy atom. The molecular formula is C20H25FN2. The molecule has 0 atom stereocenters. The molecule has 1 saturated heterocycles. The van der Waals surface area contributed by atoms with Crippen LogP contribution in [0.5, 0.6) is 0 Å². The van der Waals surface area contributed by atoms with Crippen molar-refractivity contribution in [1.29, 1.82) is 0 Å². The van der Waals surface area contributed by atoms with Gasteiger partial charge in [-0.3, -0.25) is 4.90 Å². The highest BCUT2D eigenvalue weighted by Crippen LogP contribution is 2.14. The highest BCUT2D eigenvalue weighted by molar-refractivity contribution is 5.23. The first-order valence-corrected chi connectivity index (χ1v) is 8.55. The second kappa shape index (κ2) is 8.23. The fourth-order valence-corrected chi connectivity index (χ4v) is 3.12. The van der Waals surface area contributed by atoms with E-state index in [0.29, 0.717) is 12.1 Å². The molecule has 1 fully saturated rings. The number of hydrogen-bond donors (Lipinski definition) is 1. The summed E-state index contributed by atoms with van der Waals surface area (Å²) < 4.78 is 13.5. The topological polar surface area (TPSA) is 15.3 Å². The van der Waals surface area contributed by atoms with E-state index in [1.54, 1.807) is 6.07 Å². The van der Waals surface area contributed by atoms with E-state index in [4.69, 9.17) is 0 Å². The predicted octanol–water partition coefficient (Wildman–Crippen LogP) is 4.10. The zero-order chi connectivity index (χ0) is 15.9. The number of hydrogen-bond acceptors (Lipinski definition) is 2. The minimum atomic E-state index is -0.142. The number of benzene rings is 2. The molecule has 0 aliphatic carbocycles. The lowest BCUT2D eigenvalue weighted by Crippen LogP contribution is -2.29. The summed E-state index contributed by atoms with van der Waals surface area (Å²) in [7, 11) is 0. The zero-order valence-corrected chi connectivity index (χ0v) is 13.6. The standard InChI is InChI=1S/C20H25FN2/c21-20-7-3-2-6-19(20)15-22-14-17-8-10-18(11-9-17)16-23-12-4-1-5-13-23/h2-3,6-11,22H,1,4-5,12-16H2. The molecule has 0 saturated carbocycles. The second-order valence-corrected chi connectivity index (χ2v) is 6.35. The third-order valence-corrected chi connectivity index (χ3v) is 4.48. The third-order valence-electron chi connectivity index (χ3n) is 4.48. The number of rotatable bonds is 6. The van der Waals surface area contributed by atoms with Gasteiger partial charge in [0.2, 0.25) is 0 Å². The van der Waals surface area contributed by atoms with Gasteiger partial charge in [0, 0.05) is 25.2 Å². The second-order valence-electron chi connectivity index (χ2n) is 6.35. The molecule has 3 rings (SSSR count). The van der Waals surface area contributed by atoms with Crippen molar-refractivity contribution in [3.05, 3.63) is 71.0 Å². The molecule has 3 heteroatoms. The molecule has 0 bridgehead atoms. The molecule has 2 aromatic rings. The van der Waals surface area contributed by atoms with Crippen LogP contribution in [-0.4, -0.2) is 18.0 Å². The molecule has 2 aromatic carbocycles. The van der Waals surface area contributed by atoms with Crippen LogP contribution in [0.2, 0.25) is 0 Å². The number of likely N-dealkylation sites (tertiary alicyclic amines) is 1. The molecule has 0 unspecified atom stereocenters. The number of nitrogens with zero attached hydrogens (tertiary/aromatic N) is 1. The minimum absolute atomic E-state index is 0.142. The van der Waals surface area contributed by atoms with E-state index >= 15 is 0 Å². The Balaban J connectivity index is 1.46. The van der Waals surface area contributed by atoms with Crippen molar-refractivity contribution in [3.63, 3.8) is 0 Å². The van der Waals surface area contributed by atoms with Crippen LogP contribution in [0.4, 0.5) is 4.39 Å². The predicted molar refractivity (Wildman–Crippen MR) is 92.5 cm³/mol. The summed E-state index contributed by atoms with van der Waals surface area (Å²) in [5.74, 6) is -0.142. The van der Waals surface area contributed by atoms with E-state index in [9.17, 15) is 4.39 Å². The van der Waals surface area contributed by atoms with Crippen LogP contribution in [0.15, 0.2) is 48.5 Å². The van der Waals surface area contributed by atoms with Gasteiger partial charge in [-0.25, -0.2) is 4.39 Å². The Labute approximate surface area is 138 Å². The van der Waals surface area contributed by atoms with Crippen LogP contribution in [0, 0.1) is 5.82 Å². The monoisotopic (exact) mass is 312 g/mol. The summed E-state index contributed by atoms with van der Waals surface area (Å²) in [6.07, 6.45) is 4.04. The van der Waals surface area contributed by atoms with Crippen LogP contribution in [0.3, 0.4) is 0 Å². The molecule has 23 heavy (non-hydrogen) atoms. The highest BCUT2D eigenvalue weighted by Gasteiger charge is 2.10. The summed E-state index contributed by atoms with van der Waals surface area (Å²) in [5.41, 5.74) is 3.34. The maximum atomic E-state index is 13.5. The largest absolute Gasteiger partial charge is 0.309 e. The first kappa shape index (κ1) is 16.2. The van der Waals surface area contributed by atoms with Crippen molar-refractivity contribution in [1.82, 2.24) is 10.2 Å². The Kier molecular flexibility index (Phi) is 5.78. The van der Waals surface area contributed by atoms with Gasteiger partial charge >= 0.3 is 0 Å². The highest BCUT2D eigenvalue weighted by atomic mass is 19.1. The Morgan fingerprint density at radius 1 is 0.826 bits per heavy atom. The fourth-order valence-electron chi connectivity index (χ4n) is 3.12. The Hall–Kier alpha value is -1.71. The third kappa shape index (κ3) is 4.88. The normalized spacial score (nSPS) is 15.7. The molecule has 0 radical (unpaired) electrons. The van der Waals surface area contributed by atoms with E-state index in [0.717, 1.165) is 13.1 Å². The van der Waals surface area contributed by atoms with E-state index in [-0.39, 0.29) is 5.82 Å². The molecule has 1 aliphatic rings. The van der Waals surface area contributed by atoms with E-state index in [1.165, 1.54) is 49.5 Å². The molecule has 2 nitrogen and oxygen atoms in total. The van der Waals surface area contributed by atoms with Gasteiger partial charge in [0.05, 0.1) is 0 Å². The molecule has 1 heterocycles. The number of nitrogens with one attached hydrogen (secondary N) is 1. The summed E-state index contributed by atoms with van der Waals surface area (Å²) in [6.45, 7) is 4.83. The van der Waals surface area contributed by atoms with Gasteiger partial charge in [0.25, 0.3) is 0 Å². The first-order valence-electron chi connectivity index (χ1n) is 8.55. The lowest BCUT2D eigenvalue weighted by Gasteiger charge is -2.26. The maximum Gasteiger partial charge on any atom is 0.127 e. The first-order chi connectivity index (χ1) is 11.3. The SMILES string of the molecule is Fc1ccccc1CNCc1ccc(CN2CCCCC2)cc1. The van der Waals surface area contributed by atoms with Crippen LogP contribution < -0.4 is 5.32 Å².